The van der Waals surface area contributed by atoms with E-state index >= 15 is 0 Å². The summed E-state index contributed by atoms with van der Waals surface area (Å²) < 4.78 is 12.0. The average Bonchev–Trinajstić information content (AvgIpc) is 2.75. The predicted octanol–water partition coefficient (Wildman–Crippen LogP) is 3.84. The van der Waals surface area contributed by atoms with Crippen molar-refractivity contribution in [3.05, 3.63) is 11.6 Å². The lowest BCUT2D eigenvalue weighted by Gasteiger charge is -2.45. The summed E-state index contributed by atoms with van der Waals surface area (Å²) >= 11 is 0. The number of hydrogen-bond acceptors (Lipinski definition) is 3. The normalized spacial score (nSPS) is 34.9. The van der Waals surface area contributed by atoms with Crippen LogP contribution in [0.25, 0.3) is 0 Å². The third-order valence-corrected chi connectivity index (χ3v) is 9.92. The third kappa shape index (κ3) is 3.03. The van der Waals surface area contributed by atoms with E-state index in [0.717, 1.165) is 12.8 Å². The van der Waals surface area contributed by atoms with Crippen molar-refractivity contribution in [3.63, 3.8) is 0 Å². The summed E-state index contributed by atoms with van der Waals surface area (Å²) in [5, 5.41) is 10.8. The summed E-state index contributed by atoms with van der Waals surface area (Å²) in [5.41, 5.74) is 1.41. The third-order valence-electron chi connectivity index (χ3n) is 5.43. The van der Waals surface area contributed by atoms with E-state index in [2.05, 4.69) is 39.9 Å². The van der Waals surface area contributed by atoms with Gasteiger partial charge in [0.1, 0.15) is 0 Å². The van der Waals surface area contributed by atoms with Crippen LogP contribution in [0, 0.1) is 5.92 Å². The van der Waals surface area contributed by atoms with Crippen LogP contribution in [0.2, 0.25) is 18.1 Å². The van der Waals surface area contributed by atoms with Crippen LogP contribution < -0.4 is 0 Å². The molecule has 0 aromatic rings. The van der Waals surface area contributed by atoms with Crippen LogP contribution in [0.1, 0.15) is 46.5 Å². The van der Waals surface area contributed by atoms with Crippen LogP contribution in [0.3, 0.4) is 0 Å². The minimum absolute atomic E-state index is 0.0297. The minimum atomic E-state index is -1.83. The van der Waals surface area contributed by atoms with E-state index in [-0.39, 0.29) is 11.1 Å². The van der Waals surface area contributed by atoms with Crippen molar-refractivity contribution in [2.45, 2.75) is 76.5 Å². The van der Waals surface area contributed by atoms with Crippen molar-refractivity contribution >= 4 is 8.32 Å². The number of fused-ring (bicyclic) bond motifs is 1. The molecule has 1 N–H and O–H groups in total. The Morgan fingerprint density at radius 2 is 1.95 bits per heavy atom. The fourth-order valence-electron chi connectivity index (χ4n) is 3.08. The largest absolute Gasteiger partial charge is 0.410 e. The molecule has 116 valence electrons. The molecule has 3 atom stereocenters. The second kappa shape index (κ2) is 5.23. The quantitative estimate of drug-likeness (QED) is 0.489. The summed E-state index contributed by atoms with van der Waals surface area (Å²) in [5.74, 6) is -0.581. The molecule has 4 heteroatoms. The first-order valence-corrected chi connectivity index (χ1v) is 10.6. The van der Waals surface area contributed by atoms with Crippen molar-refractivity contribution < 1.29 is 14.3 Å². The van der Waals surface area contributed by atoms with Crippen molar-refractivity contribution in [2.75, 3.05) is 7.11 Å². The maximum absolute atomic E-state index is 10.6. The van der Waals surface area contributed by atoms with Gasteiger partial charge in [0.15, 0.2) is 14.1 Å². The van der Waals surface area contributed by atoms with Gasteiger partial charge >= 0.3 is 0 Å². The Hall–Kier alpha value is -0.163. The molecule has 2 aliphatic carbocycles. The molecule has 0 aromatic heterocycles. The van der Waals surface area contributed by atoms with Crippen LogP contribution in [0.15, 0.2) is 11.6 Å². The Balaban J connectivity index is 2.20. The minimum Gasteiger partial charge on any atom is -0.410 e. The second-order valence-corrected chi connectivity index (χ2v) is 12.7. The van der Waals surface area contributed by atoms with Gasteiger partial charge in [-0.2, -0.15) is 0 Å². The molecule has 0 radical (unpaired) electrons. The molecular weight excluding hydrogens is 268 g/mol. The monoisotopic (exact) mass is 298 g/mol. The number of aliphatic hydroxyl groups is 1. The lowest BCUT2D eigenvalue weighted by molar-refractivity contribution is -0.217. The Labute approximate surface area is 124 Å². The predicted molar refractivity (Wildman–Crippen MR) is 84.1 cm³/mol. The molecular formula is C16H30O3Si. The molecule has 0 aliphatic heterocycles. The van der Waals surface area contributed by atoms with Gasteiger partial charge in [0.05, 0.1) is 6.10 Å². The molecule has 3 nitrogen and oxygen atoms in total. The smallest absolute Gasteiger partial charge is 0.192 e. The van der Waals surface area contributed by atoms with Crippen LogP contribution >= 0.6 is 0 Å². The molecule has 0 amide bonds. The highest BCUT2D eigenvalue weighted by atomic mass is 28.4. The number of allylic oxidation sites excluding steroid dienone is 1. The SMILES string of the molecule is CO[C@]1(O)C[C@@H]2CCC=C2[C@H](O[Si](C)(C)C(C)(C)C)C1. The average molecular weight is 298 g/mol. The van der Waals surface area contributed by atoms with Crippen molar-refractivity contribution in [2.24, 2.45) is 5.92 Å². The number of ether oxygens (including phenoxy) is 1. The highest BCUT2D eigenvalue weighted by molar-refractivity contribution is 6.74. The first-order chi connectivity index (χ1) is 9.08. The summed E-state index contributed by atoms with van der Waals surface area (Å²) in [6, 6.07) is 0. The Kier molecular flexibility index (Phi) is 4.24. The zero-order chi connectivity index (χ0) is 15.2. The molecule has 0 saturated heterocycles. The number of hydrogen-bond donors (Lipinski definition) is 1. The van der Waals surface area contributed by atoms with E-state index in [1.165, 1.54) is 5.57 Å². The van der Waals surface area contributed by atoms with Gasteiger partial charge in [0.2, 0.25) is 0 Å². The van der Waals surface area contributed by atoms with Crippen molar-refractivity contribution in [1.29, 1.82) is 0 Å². The Morgan fingerprint density at radius 3 is 2.50 bits per heavy atom. The van der Waals surface area contributed by atoms with E-state index in [4.69, 9.17) is 9.16 Å². The zero-order valence-corrected chi connectivity index (χ0v) is 14.8. The van der Waals surface area contributed by atoms with Gasteiger partial charge in [0.25, 0.3) is 0 Å². The highest BCUT2D eigenvalue weighted by Gasteiger charge is 2.47. The van der Waals surface area contributed by atoms with E-state index in [9.17, 15) is 5.11 Å². The maximum Gasteiger partial charge on any atom is 0.192 e. The van der Waals surface area contributed by atoms with Crippen LogP contribution in [0.5, 0.6) is 0 Å². The van der Waals surface area contributed by atoms with Gasteiger partial charge in [-0.15, -0.1) is 0 Å². The lowest BCUT2D eigenvalue weighted by Crippen LogP contribution is -2.50. The summed E-state index contributed by atoms with van der Waals surface area (Å²) in [6.45, 7) is 11.3. The van der Waals surface area contributed by atoms with Crippen LogP contribution in [-0.4, -0.2) is 32.4 Å². The van der Waals surface area contributed by atoms with Gasteiger partial charge in [-0.05, 0) is 42.5 Å². The Morgan fingerprint density at radius 1 is 1.30 bits per heavy atom. The first kappa shape index (κ1) is 16.2. The first-order valence-electron chi connectivity index (χ1n) is 7.73. The van der Waals surface area contributed by atoms with Gasteiger partial charge in [0, 0.05) is 20.0 Å². The molecule has 1 fully saturated rings. The Bertz CT molecular complexity index is 397. The van der Waals surface area contributed by atoms with Crippen LogP contribution in [-0.2, 0) is 9.16 Å². The zero-order valence-electron chi connectivity index (χ0n) is 13.8. The number of methoxy groups -OCH3 is 1. The van der Waals surface area contributed by atoms with E-state index in [1.54, 1.807) is 7.11 Å². The fourth-order valence-corrected chi connectivity index (χ4v) is 4.37. The van der Waals surface area contributed by atoms with Crippen molar-refractivity contribution in [3.8, 4) is 0 Å². The topological polar surface area (TPSA) is 38.7 Å². The van der Waals surface area contributed by atoms with E-state index < -0.39 is 14.1 Å². The summed E-state index contributed by atoms with van der Waals surface area (Å²) in [7, 11) is -0.231. The molecule has 0 unspecified atom stereocenters. The number of rotatable bonds is 3. The molecule has 0 spiro atoms. The summed E-state index contributed by atoms with van der Waals surface area (Å²) in [4.78, 5) is 0. The van der Waals surface area contributed by atoms with Gasteiger partial charge in [-0.25, -0.2) is 0 Å². The van der Waals surface area contributed by atoms with Gasteiger partial charge < -0.3 is 14.3 Å². The molecule has 0 aromatic carbocycles. The molecule has 1 saturated carbocycles. The highest BCUT2D eigenvalue weighted by Crippen LogP contribution is 2.47. The van der Waals surface area contributed by atoms with E-state index in [0.29, 0.717) is 18.8 Å². The van der Waals surface area contributed by atoms with Crippen molar-refractivity contribution in [1.82, 2.24) is 0 Å². The molecule has 0 heterocycles. The summed E-state index contributed by atoms with van der Waals surface area (Å²) in [6.07, 6.45) is 5.88. The lowest BCUT2D eigenvalue weighted by atomic mass is 9.80. The molecule has 20 heavy (non-hydrogen) atoms. The molecule has 0 bridgehead atoms. The standard InChI is InChI=1S/C16H30O3Si/c1-15(2,3)20(5,6)19-14-11-16(17,18-4)10-12-8-7-9-13(12)14/h9,12,14,17H,7-8,10-11H2,1-6H3/t12-,14+,16+/m0/s1. The van der Waals surface area contributed by atoms with E-state index in [1.807, 2.05) is 0 Å². The van der Waals surface area contributed by atoms with Gasteiger partial charge in [-0.1, -0.05) is 26.8 Å². The van der Waals surface area contributed by atoms with Crippen LogP contribution in [0.4, 0.5) is 0 Å². The fraction of sp³-hybridized carbons (Fsp3) is 0.875. The van der Waals surface area contributed by atoms with Gasteiger partial charge in [-0.3, -0.25) is 0 Å². The molecule has 2 rings (SSSR count). The maximum atomic E-state index is 10.6. The molecule has 2 aliphatic rings. The second-order valence-electron chi connectivity index (χ2n) is 7.90.